The molecule has 0 aromatic carbocycles. The van der Waals surface area contributed by atoms with Crippen molar-refractivity contribution in [3.05, 3.63) is 0 Å². The van der Waals surface area contributed by atoms with Crippen molar-refractivity contribution in [1.82, 2.24) is 0 Å². The van der Waals surface area contributed by atoms with Gasteiger partial charge in [-0.15, -0.1) is 0 Å². The fourth-order valence-electron chi connectivity index (χ4n) is 10.9. The van der Waals surface area contributed by atoms with Gasteiger partial charge in [0.25, 0.3) is 0 Å². The molecule has 0 amide bonds. The molecule has 0 fully saturated rings. The second kappa shape index (κ2) is 64.9. The normalized spacial score (nSPS) is 11.9. The molecule has 0 aliphatic heterocycles. The molecule has 0 aromatic heterocycles. The SMILES string of the molecule is CCCCCCCCCCCCCCCCCCCCCCCCCCCCCCCCCC(=O)OCC(COC(=O)CCCCCCCCCCCCCC)OC(=O)CCCCCCCCCCCCCCCC. The Hall–Kier alpha value is -1.59. The molecule has 446 valence electrons. The molecule has 75 heavy (non-hydrogen) atoms. The molecular weight excluding hydrogens is 925 g/mol. The van der Waals surface area contributed by atoms with Crippen molar-refractivity contribution >= 4 is 17.9 Å². The largest absolute Gasteiger partial charge is 0.462 e. The second-order valence-corrected chi connectivity index (χ2v) is 23.8. The Kier molecular flexibility index (Phi) is 63.6. The molecule has 6 heteroatoms. The second-order valence-electron chi connectivity index (χ2n) is 23.8. The first-order valence-corrected chi connectivity index (χ1v) is 34.5. The number of hydrogen-bond acceptors (Lipinski definition) is 6. The van der Waals surface area contributed by atoms with E-state index in [9.17, 15) is 14.4 Å². The van der Waals surface area contributed by atoms with Crippen LogP contribution in [0.5, 0.6) is 0 Å². The van der Waals surface area contributed by atoms with Crippen molar-refractivity contribution in [2.24, 2.45) is 0 Å². The molecule has 0 aromatic rings. The van der Waals surface area contributed by atoms with Crippen LogP contribution in [0.15, 0.2) is 0 Å². The Morgan fingerprint density at radius 3 is 0.533 bits per heavy atom. The summed E-state index contributed by atoms with van der Waals surface area (Å²) in [6.07, 6.45) is 75.8. The van der Waals surface area contributed by atoms with E-state index in [0.717, 1.165) is 57.8 Å². The molecule has 0 N–H and O–H groups in total. The van der Waals surface area contributed by atoms with Crippen molar-refractivity contribution in [1.29, 1.82) is 0 Å². The van der Waals surface area contributed by atoms with Gasteiger partial charge in [0.05, 0.1) is 0 Å². The number of esters is 3. The van der Waals surface area contributed by atoms with Crippen LogP contribution < -0.4 is 0 Å². The van der Waals surface area contributed by atoms with Gasteiger partial charge in [0.15, 0.2) is 6.10 Å². The summed E-state index contributed by atoms with van der Waals surface area (Å²) in [6, 6.07) is 0. The maximum absolute atomic E-state index is 12.9. The van der Waals surface area contributed by atoms with E-state index in [1.54, 1.807) is 0 Å². The lowest BCUT2D eigenvalue weighted by atomic mass is 10.0. The fourth-order valence-corrected chi connectivity index (χ4v) is 10.9. The highest BCUT2D eigenvalue weighted by Crippen LogP contribution is 2.19. The van der Waals surface area contributed by atoms with E-state index in [1.165, 1.54) is 308 Å². The number of unbranched alkanes of at least 4 members (excludes halogenated alkanes) is 54. The predicted molar refractivity (Wildman–Crippen MR) is 326 cm³/mol. The summed E-state index contributed by atoms with van der Waals surface area (Å²) in [5.74, 6) is -0.827. The van der Waals surface area contributed by atoms with Crippen LogP contribution in [-0.2, 0) is 28.6 Å². The number of ether oxygens (including phenoxy) is 3. The summed E-state index contributed by atoms with van der Waals surface area (Å²) >= 11 is 0. The van der Waals surface area contributed by atoms with E-state index in [2.05, 4.69) is 20.8 Å². The average molecular weight is 1060 g/mol. The van der Waals surface area contributed by atoms with Crippen LogP contribution >= 0.6 is 0 Å². The lowest BCUT2D eigenvalue weighted by Gasteiger charge is -2.18. The molecule has 0 spiro atoms. The van der Waals surface area contributed by atoms with Crippen LogP contribution in [-0.4, -0.2) is 37.2 Å². The van der Waals surface area contributed by atoms with Gasteiger partial charge in [0.2, 0.25) is 0 Å². The minimum Gasteiger partial charge on any atom is -0.462 e. The molecule has 6 nitrogen and oxygen atoms in total. The molecule has 0 radical (unpaired) electrons. The van der Waals surface area contributed by atoms with Gasteiger partial charge in [0.1, 0.15) is 13.2 Å². The summed E-state index contributed by atoms with van der Waals surface area (Å²) in [7, 11) is 0. The van der Waals surface area contributed by atoms with Crippen LogP contribution in [0.1, 0.15) is 406 Å². The molecule has 0 heterocycles. The molecule has 0 rings (SSSR count). The molecule has 0 aliphatic rings. The van der Waals surface area contributed by atoms with Gasteiger partial charge in [-0.1, -0.05) is 367 Å². The Bertz CT molecular complexity index is 1120. The first-order valence-electron chi connectivity index (χ1n) is 34.5. The van der Waals surface area contributed by atoms with Gasteiger partial charge in [-0.3, -0.25) is 14.4 Å². The molecule has 0 aliphatic carbocycles. The average Bonchev–Trinajstić information content (AvgIpc) is 3.41. The maximum atomic E-state index is 12.9. The third-order valence-corrected chi connectivity index (χ3v) is 16.1. The molecule has 0 saturated heterocycles. The lowest BCUT2D eigenvalue weighted by molar-refractivity contribution is -0.167. The third kappa shape index (κ3) is 63.1. The monoisotopic (exact) mass is 1060 g/mol. The minimum absolute atomic E-state index is 0.0607. The molecule has 1 unspecified atom stereocenters. The smallest absolute Gasteiger partial charge is 0.306 e. The van der Waals surface area contributed by atoms with Gasteiger partial charge < -0.3 is 14.2 Å². The standard InChI is InChI=1S/C69H134O6/c1-4-7-10-13-16-19-22-25-27-28-29-30-31-32-33-34-35-36-37-38-39-40-41-42-43-45-47-50-53-56-59-62-68(71)74-65-66(64-73-67(70)61-58-55-52-49-46-24-21-18-15-12-9-6-3)75-69(72)63-60-57-54-51-48-44-26-23-20-17-14-11-8-5-2/h66H,4-65H2,1-3H3. The number of hydrogen-bond donors (Lipinski definition) is 0. The van der Waals surface area contributed by atoms with Gasteiger partial charge >= 0.3 is 17.9 Å². The lowest BCUT2D eigenvalue weighted by Crippen LogP contribution is -2.30. The van der Waals surface area contributed by atoms with Crippen LogP contribution in [0.4, 0.5) is 0 Å². The zero-order chi connectivity index (χ0) is 54.3. The van der Waals surface area contributed by atoms with Gasteiger partial charge in [0, 0.05) is 19.3 Å². The van der Waals surface area contributed by atoms with Crippen LogP contribution in [0.2, 0.25) is 0 Å². The van der Waals surface area contributed by atoms with E-state index in [4.69, 9.17) is 14.2 Å². The van der Waals surface area contributed by atoms with Crippen LogP contribution in [0, 0.1) is 0 Å². The van der Waals surface area contributed by atoms with Gasteiger partial charge in [-0.05, 0) is 19.3 Å². The first-order chi connectivity index (χ1) is 37.0. The molecular formula is C69H134O6. The quantitative estimate of drug-likeness (QED) is 0.0343. The van der Waals surface area contributed by atoms with E-state index < -0.39 is 6.10 Å². The Morgan fingerprint density at radius 2 is 0.360 bits per heavy atom. The van der Waals surface area contributed by atoms with Crippen molar-refractivity contribution in [2.45, 2.75) is 412 Å². The van der Waals surface area contributed by atoms with E-state index >= 15 is 0 Å². The summed E-state index contributed by atoms with van der Waals surface area (Å²) in [6.45, 7) is 6.72. The van der Waals surface area contributed by atoms with E-state index in [-0.39, 0.29) is 31.1 Å². The summed E-state index contributed by atoms with van der Waals surface area (Å²) in [4.78, 5) is 38.2. The van der Waals surface area contributed by atoms with Crippen LogP contribution in [0.3, 0.4) is 0 Å². The van der Waals surface area contributed by atoms with Gasteiger partial charge in [-0.2, -0.15) is 0 Å². The highest BCUT2D eigenvalue weighted by Gasteiger charge is 2.19. The minimum atomic E-state index is -0.762. The topological polar surface area (TPSA) is 78.9 Å². The summed E-state index contributed by atoms with van der Waals surface area (Å²) in [5.41, 5.74) is 0. The van der Waals surface area contributed by atoms with E-state index in [1.807, 2.05) is 0 Å². The Morgan fingerprint density at radius 1 is 0.213 bits per heavy atom. The van der Waals surface area contributed by atoms with Crippen LogP contribution in [0.25, 0.3) is 0 Å². The maximum Gasteiger partial charge on any atom is 0.306 e. The number of rotatable bonds is 65. The van der Waals surface area contributed by atoms with Crippen molar-refractivity contribution < 1.29 is 28.6 Å². The Labute approximate surface area is 469 Å². The summed E-state index contributed by atoms with van der Waals surface area (Å²) < 4.78 is 16.9. The zero-order valence-corrected chi connectivity index (χ0v) is 51.4. The van der Waals surface area contributed by atoms with E-state index in [0.29, 0.717) is 19.3 Å². The van der Waals surface area contributed by atoms with Crippen molar-refractivity contribution in [3.63, 3.8) is 0 Å². The summed E-state index contributed by atoms with van der Waals surface area (Å²) in [5, 5.41) is 0. The number of carbonyl (C=O) groups excluding carboxylic acids is 3. The van der Waals surface area contributed by atoms with Crippen molar-refractivity contribution in [2.75, 3.05) is 13.2 Å². The van der Waals surface area contributed by atoms with Gasteiger partial charge in [-0.25, -0.2) is 0 Å². The first kappa shape index (κ1) is 73.4. The predicted octanol–water partition coefficient (Wildman–Crippen LogP) is 23.5. The highest BCUT2D eigenvalue weighted by atomic mass is 16.6. The third-order valence-electron chi connectivity index (χ3n) is 16.1. The molecule has 0 bridgehead atoms. The highest BCUT2D eigenvalue weighted by molar-refractivity contribution is 5.71. The molecule has 0 saturated carbocycles. The zero-order valence-electron chi connectivity index (χ0n) is 51.4. The van der Waals surface area contributed by atoms with Crippen molar-refractivity contribution in [3.8, 4) is 0 Å². The fraction of sp³-hybridized carbons (Fsp3) is 0.957. The molecule has 1 atom stereocenters. The number of carbonyl (C=O) groups is 3. The Balaban J connectivity index is 4.04.